The van der Waals surface area contributed by atoms with Crippen molar-refractivity contribution in [2.24, 2.45) is 0 Å². The zero-order chi connectivity index (χ0) is 22.1. The zero-order valence-corrected chi connectivity index (χ0v) is 16.6. The van der Waals surface area contributed by atoms with Gasteiger partial charge in [0.25, 0.3) is 5.91 Å². The number of hydrogen-bond acceptors (Lipinski definition) is 4. The molecule has 4 rings (SSSR count). The van der Waals surface area contributed by atoms with Crippen LogP contribution in [-0.2, 0) is 24.4 Å². The number of anilines is 1. The number of carbonyl (C=O) groups is 2. The van der Waals surface area contributed by atoms with Gasteiger partial charge in [-0.15, -0.1) is 5.10 Å². The van der Waals surface area contributed by atoms with Crippen LogP contribution < -0.4 is 11.0 Å². The molecule has 1 aliphatic rings. The first kappa shape index (κ1) is 20.5. The fraction of sp³-hybridized carbons (Fsp3) is 0.238. The van der Waals surface area contributed by atoms with Crippen LogP contribution in [0.4, 0.5) is 14.5 Å². The summed E-state index contributed by atoms with van der Waals surface area (Å²) in [5.41, 5.74) is 0.729. The molecule has 0 saturated heterocycles. The van der Waals surface area contributed by atoms with E-state index in [-0.39, 0.29) is 31.1 Å². The second-order valence-corrected chi connectivity index (χ2v) is 7.28. The number of nitrogens with one attached hydrogen (secondary N) is 1. The average molecular weight is 427 g/mol. The summed E-state index contributed by atoms with van der Waals surface area (Å²) in [6, 6.07) is 10.2. The van der Waals surface area contributed by atoms with Crippen LogP contribution in [0.5, 0.6) is 0 Å². The average Bonchev–Trinajstić information content (AvgIpc) is 3.03. The Kier molecular flexibility index (Phi) is 5.37. The predicted octanol–water partition coefficient (Wildman–Crippen LogP) is 1.93. The van der Waals surface area contributed by atoms with Crippen LogP contribution in [0.3, 0.4) is 0 Å². The van der Waals surface area contributed by atoms with Crippen molar-refractivity contribution in [3.63, 3.8) is 0 Å². The largest absolute Gasteiger partial charge is 0.346 e. The van der Waals surface area contributed by atoms with Gasteiger partial charge in [-0.05, 0) is 42.3 Å². The lowest BCUT2D eigenvalue weighted by molar-refractivity contribution is -0.117. The molecule has 1 aromatic heterocycles. The summed E-state index contributed by atoms with van der Waals surface area (Å²) in [4.78, 5) is 39.1. The van der Waals surface area contributed by atoms with Crippen molar-refractivity contribution in [3.05, 3.63) is 81.5 Å². The minimum Gasteiger partial charge on any atom is -0.330 e. The Hall–Kier alpha value is -3.82. The van der Waals surface area contributed by atoms with E-state index in [0.29, 0.717) is 11.1 Å². The van der Waals surface area contributed by atoms with E-state index in [1.54, 1.807) is 25.1 Å². The SMILES string of the molecule is Cc1ccc(NC(=O)Cn2nc3n(c2=O)CCN(Cc2cccc(F)c2)C3=O)cc1F. The van der Waals surface area contributed by atoms with Crippen LogP contribution in [0, 0.1) is 18.6 Å². The molecule has 0 spiro atoms. The number of rotatable bonds is 5. The third-order valence-corrected chi connectivity index (χ3v) is 5.01. The van der Waals surface area contributed by atoms with Crippen LogP contribution >= 0.6 is 0 Å². The second-order valence-electron chi connectivity index (χ2n) is 7.28. The van der Waals surface area contributed by atoms with Gasteiger partial charge in [0.05, 0.1) is 0 Å². The molecule has 1 N–H and O–H groups in total. The number of aryl methyl sites for hydroxylation is 1. The molecule has 0 bridgehead atoms. The number of nitrogens with zero attached hydrogens (tertiary/aromatic N) is 4. The molecule has 2 aromatic carbocycles. The minimum atomic E-state index is -0.584. The van der Waals surface area contributed by atoms with Crippen LogP contribution in [0.15, 0.2) is 47.3 Å². The van der Waals surface area contributed by atoms with E-state index >= 15 is 0 Å². The third kappa shape index (κ3) is 4.23. The number of hydrogen-bond donors (Lipinski definition) is 1. The normalized spacial score (nSPS) is 13.3. The molecule has 0 saturated carbocycles. The fourth-order valence-electron chi connectivity index (χ4n) is 3.38. The number of aromatic nitrogens is 3. The van der Waals surface area contributed by atoms with Gasteiger partial charge >= 0.3 is 5.69 Å². The Morgan fingerprint density at radius 3 is 2.68 bits per heavy atom. The lowest BCUT2D eigenvalue weighted by Gasteiger charge is -2.26. The van der Waals surface area contributed by atoms with Crippen LogP contribution in [0.1, 0.15) is 21.7 Å². The standard InChI is InChI=1S/C21H19F2N5O3/c1-13-5-6-16(10-17(13)23)24-18(29)12-28-21(31)27-8-7-26(20(30)19(27)25-28)11-14-3-2-4-15(22)9-14/h2-6,9-10H,7-8,11-12H2,1H3,(H,24,29). The number of carbonyl (C=O) groups excluding carboxylic acids is 2. The smallest absolute Gasteiger partial charge is 0.330 e. The van der Waals surface area contributed by atoms with Crippen molar-refractivity contribution >= 4 is 17.5 Å². The van der Waals surface area contributed by atoms with Gasteiger partial charge in [-0.3, -0.25) is 14.2 Å². The summed E-state index contributed by atoms with van der Waals surface area (Å²) in [7, 11) is 0. The maximum Gasteiger partial charge on any atom is 0.346 e. The van der Waals surface area contributed by atoms with Crippen molar-refractivity contribution < 1.29 is 18.4 Å². The van der Waals surface area contributed by atoms with E-state index in [1.165, 1.54) is 33.7 Å². The molecule has 0 radical (unpaired) electrons. The van der Waals surface area contributed by atoms with Gasteiger partial charge in [0.2, 0.25) is 11.7 Å². The highest BCUT2D eigenvalue weighted by Gasteiger charge is 2.30. The Bertz CT molecular complexity index is 1230. The van der Waals surface area contributed by atoms with Gasteiger partial charge in [-0.25, -0.2) is 18.3 Å². The first-order valence-electron chi connectivity index (χ1n) is 9.59. The van der Waals surface area contributed by atoms with Gasteiger partial charge < -0.3 is 10.2 Å². The molecule has 10 heteroatoms. The highest BCUT2D eigenvalue weighted by atomic mass is 19.1. The molecular weight excluding hydrogens is 408 g/mol. The summed E-state index contributed by atoms with van der Waals surface area (Å²) < 4.78 is 29.2. The van der Waals surface area contributed by atoms with E-state index in [2.05, 4.69) is 10.4 Å². The number of amides is 2. The minimum absolute atomic E-state index is 0.0816. The van der Waals surface area contributed by atoms with Gasteiger partial charge in [0.1, 0.15) is 18.2 Å². The lowest BCUT2D eigenvalue weighted by Crippen LogP contribution is -2.42. The lowest BCUT2D eigenvalue weighted by atomic mass is 10.2. The summed E-state index contributed by atoms with van der Waals surface area (Å²) >= 11 is 0. The predicted molar refractivity (Wildman–Crippen MR) is 107 cm³/mol. The Morgan fingerprint density at radius 1 is 1.13 bits per heavy atom. The summed E-state index contributed by atoms with van der Waals surface area (Å²) in [6.07, 6.45) is 0. The number of fused-ring (bicyclic) bond motifs is 1. The molecule has 0 aliphatic carbocycles. The molecule has 2 amide bonds. The Balaban J connectivity index is 1.48. The van der Waals surface area contributed by atoms with Crippen LogP contribution in [0.2, 0.25) is 0 Å². The van der Waals surface area contributed by atoms with Crippen molar-refractivity contribution in [2.45, 2.75) is 26.6 Å². The molecule has 8 nitrogen and oxygen atoms in total. The van der Waals surface area contributed by atoms with Crippen molar-refractivity contribution in [1.82, 2.24) is 19.2 Å². The highest BCUT2D eigenvalue weighted by Crippen LogP contribution is 2.15. The van der Waals surface area contributed by atoms with Crippen LogP contribution in [0.25, 0.3) is 0 Å². The third-order valence-electron chi connectivity index (χ3n) is 5.01. The second kappa shape index (κ2) is 8.13. The van der Waals surface area contributed by atoms with Crippen LogP contribution in [-0.4, -0.2) is 37.6 Å². The monoisotopic (exact) mass is 427 g/mol. The van der Waals surface area contributed by atoms with E-state index in [4.69, 9.17) is 0 Å². The van der Waals surface area contributed by atoms with Gasteiger partial charge in [-0.2, -0.15) is 0 Å². The maximum atomic E-state index is 13.6. The first-order valence-corrected chi connectivity index (χ1v) is 9.59. The fourth-order valence-corrected chi connectivity index (χ4v) is 3.38. The van der Waals surface area contributed by atoms with E-state index < -0.39 is 35.7 Å². The molecule has 31 heavy (non-hydrogen) atoms. The molecule has 3 aromatic rings. The molecule has 1 aliphatic heterocycles. The van der Waals surface area contributed by atoms with E-state index in [0.717, 1.165) is 4.68 Å². The van der Waals surface area contributed by atoms with Crippen molar-refractivity contribution in [3.8, 4) is 0 Å². The molecule has 0 unspecified atom stereocenters. The van der Waals surface area contributed by atoms with Gasteiger partial charge in [0.15, 0.2) is 0 Å². The van der Waals surface area contributed by atoms with Gasteiger partial charge in [0, 0.05) is 25.3 Å². The topological polar surface area (TPSA) is 89.2 Å². The van der Waals surface area contributed by atoms with Crippen molar-refractivity contribution in [1.29, 1.82) is 0 Å². The molecule has 0 fully saturated rings. The molecular formula is C21H19F2N5O3. The zero-order valence-electron chi connectivity index (χ0n) is 16.6. The van der Waals surface area contributed by atoms with Gasteiger partial charge in [-0.1, -0.05) is 18.2 Å². The Morgan fingerprint density at radius 2 is 1.94 bits per heavy atom. The molecule has 160 valence electrons. The summed E-state index contributed by atoms with van der Waals surface area (Å²) in [5, 5.41) is 6.53. The van der Waals surface area contributed by atoms with E-state index in [9.17, 15) is 23.2 Å². The number of halogens is 2. The molecule has 2 heterocycles. The Labute approximate surface area is 175 Å². The first-order chi connectivity index (χ1) is 14.8. The van der Waals surface area contributed by atoms with E-state index in [1.807, 2.05) is 0 Å². The summed E-state index contributed by atoms with van der Waals surface area (Å²) in [6.45, 7) is 1.82. The quantitative estimate of drug-likeness (QED) is 0.674. The summed E-state index contributed by atoms with van der Waals surface area (Å²) in [5.74, 6) is -2.00. The molecule has 0 atom stereocenters. The number of benzene rings is 2. The van der Waals surface area contributed by atoms with Crippen molar-refractivity contribution in [2.75, 3.05) is 11.9 Å². The maximum absolute atomic E-state index is 13.6. The highest BCUT2D eigenvalue weighted by molar-refractivity contribution is 5.92.